The monoisotopic (exact) mass is 210 g/mol. The highest BCUT2D eigenvalue weighted by Crippen LogP contribution is 2.39. The third-order valence-electron chi connectivity index (χ3n) is 1.54. The molecule has 4 nitrogen and oxygen atoms in total. The van der Waals surface area contributed by atoms with Crippen molar-refractivity contribution in [3.05, 3.63) is 0 Å². The molecule has 1 atom stereocenters. The second kappa shape index (κ2) is 5.25. The molecule has 1 aliphatic heterocycles. The van der Waals surface area contributed by atoms with E-state index in [1.54, 1.807) is 11.8 Å². The highest BCUT2D eigenvalue weighted by atomic mass is 32.2. The van der Waals surface area contributed by atoms with Gasteiger partial charge in [-0.15, -0.1) is 0 Å². The molecular formula is C6H15N2O2PS. The molecule has 0 aliphatic carbocycles. The van der Waals surface area contributed by atoms with Crippen molar-refractivity contribution < 1.29 is 9.09 Å². The van der Waals surface area contributed by atoms with Crippen molar-refractivity contribution >= 4 is 19.4 Å². The Morgan fingerprint density at radius 2 is 2.58 bits per heavy atom. The summed E-state index contributed by atoms with van der Waals surface area (Å²) in [4.78, 5) is 0. The van der Waals surface area contributed by atoms with E-state index in [0.29, 0.717) is 6.61 Å². The number of hydrogen-bond acceptors (Lipinski definition) is 3. The lowest BCUT2D eigenvalue weighted by molar-refractivity contribution is 0.270. The van der Waals surface area contributed by atoms with Gasteiger partial charge >= 0.3 is 7.67 Å². The van der Waals surface area contributed by atoms with Crippen LogP contribution in [-0.4, -0.2) is 31.7 Å². The summed E-state index contributed by atoms with van der Waals surface area (Å²) in [7, 11) is -2.66. The fourth-order valence-corrected chi connectivity index (χ4v) is 2.93. The van der Waals surface area contributed by atoms with E-state index in [1.807, 2.05) is 6.26 Å². The smallest absolute Gasteiger partial charge is 0.306 e. The lowest BCUT2D eigenvalue weighted by atomic mass is 10.5. The van der Waals surface area contributed by atoms with Crippen LogP contribution < -0.4 is 10.2 Å². The Balaban J connectivity index is 2.22. The minimum Gasteiger partial charge on any atom is -0.306 e. The molecule has 1 fully saturated rings. The summed E-state index contributed by atoms with van der Waals surface area (Å²) in [5.74, 6) is 0.953. The summed E-state index contributed by atoms with van der Waals surface area (Å²) in [5, 5.41) is 5.77. The molecular weight excluding hydrogens is 195 g/mol. The van der Waals surface area contributed by atoms with Crippen LogP contribution in [0.1, 0.15) is 6.42 Å². The Bertz CT molecular complexity index is 169. The second-order valence-electron chi connectivity index (χ2n) is 2.55. The van der Waals surface area contributed by atoms with Gasteiger partial charge in [0.2, 0.25) is 0 Å². The molecule has 1 rings (SSSR count). The van der Waals surface area contributed by atoms with Crippen LogP contribution in [0.4, 0.5) is 0 Å². The van der Waals surface area contributed by atoms with Gasteiger partial charge in [-0.2, -0.15) is 11.8 Å². The zero-order valence-corrected chi connectivity index (χ0v) is 8.92. The zero-order valence-electron chi connectivity index (χ0n) is 7.21. The normalized spacial score (nSPS) is 30.4. The van der Waals surface area contributed by atoms with E-state index in [2.05, 4.69) is 10.2 Å². The molecule has 2 N–H and O–H groups in total. The second-order valence-corrected chi connectivity index (χ2v) is 5.53. The average Bonchev–Trinajstić information content (AvgIpc) is 2.06. The lowest BCUT2D eigenvalue weighted by Crippen LogP contribution is -2.31. The molecule has 1 heterocycles. The van der Waals surface area contributed by atoms with Gasteiger partial charge < -0.3 is 4.52 Å². The molecule has 0 aromatic rings. The van der Waals surface area contributed by atoms with Crippen molar-refractivity contribution in [1.29, 1.82) is 0 Å². The molecule has 72 valence electrons. The maximum absolute atomic E-state index is 11.7. The fraction of sp³-hybridized carbons (Fsp3) is 1.00. The molecule has 1 saturated heterocycles. The Morgan fingerprint density at radius 3 is 3.17 bits per heavy atom. The first kappa shape index (κ1) is 10.5. The summed E-state index contributed by atoms with van der Waals surface area (Å²) >= 11 is 1.72. The van der Waals surface area contributed by atoms with E-state index >= 15 is 0 Å². The van der Waals surface area contributed by atoms with Crippen molar-refractivity contribution in [2.24, 2.45) is 0 Å². The van der Waals surface area contributed by atoms with E-state index < -0.39 is 7.67 Å². The lowest BCUT2D eigenvalue weighted by Gasteiger charge is -2.24. The van der Waals surface area contributed by atoms with Gasteiger partial charge in [0.25, 0.3) is 0 Å². The van der Waals surface area contributed by atoms with Crippen LogP contribution in [0.3, 0.4) is 0 Å². The SMILES string of the molecule is CSCCNP1(=O)NCCCO1. The minimum atomic E-state index is -2.66. The van der Waals surface area contributed by atoms with Crippen molar-refractivity contribution in [1.82, 2.24) is 10.2 Å². The molecule has 6 heteroatoms. The molecule has 0 radical (unpaired) electrons. The average molecular weight is 210 g/mol. The predicted octanol–water partition coefficient (Wildman–Crippen LogP) is 1.06. The molecule has 0 bridgehead atoms. The summed E-state index contributed by atoms with van der Waals surface area (Å²) in [5.41, 5.74) is 0. The van der Waals surface area contributed by atoms with Crippen LogP contribution in [0.25, 0.3) is 0 Å². The first-order chi connectivity index (χ1) is 5.77. The Hall–Kier alpha value is 0.460. The molecule has 0 amide bonds. The van der Waals surface area contributed by atoms with Crippen molar-refractivity contribution in [2.75, 3.05) is 31.7 Å². The first-order valence-corrected chi connectivity index (χ1v) is 7.02. The Morgan fingerprint density at radius 1 is 1.75 bits per heavy atom. The number of nitrogens with one attached hydrogen (secondary N) is 2. The van der Waals surface area contributed by atoms with Gasteiger partial charge in [0, 0.05) is 18.8 Å². The van der Waals surface area contributed by atoms with Crippen molar-refractivity contribution in [2.45, 2.75) is 6.42 Å². The van der Waals surface area contributed by atoms with Gasteiger partial charge in [0.1, 0.15) is 0 Å². The van der Waals surface area contributed by atoms with Gasteiger partial charge in [0.15, 0.2) is 0 Å². The molecule has 0 aromatic carbocycles. The first-order valence-electron chi connectivity index (χ1n) is 4.01. The third-order valence-corrected chi connectivity index (χ3v) is 3.98. The van der Waals surface area contributed by atoms with Crippen LogP contribution >= 0.6 is 19.4 Å². The summed E-state index contributed by atoms with van der Waals surface area (Å²) in [6.45, 7) is 2.10. The Kier molecular flexibility index (Phi) is 4.61. The van der Waals surface area contributed by atoms with Gasteiger partial charge in [-0.05, 0) is 12.7 Å². The van der Waals surface area contributed by atoms with Crippen LogP contribution in [0, 0.1) is 0 Å². The highest BCUT2D eigenvalue weighted by Gasteiger charge is 2.24. The van der Waals surface area contributed by atoms with Crippen molar-refractivity contribution in [3.8, 4) is 0 Å². The van der Waals surface area contributed by atoms with Crippen LogP contribution in [0.5, 0.6) is 0 Å². The molecule has 0 spiro atoms. The third kappa shape index (κ3) is 3.46. The predicted molar refractivity (Wildman–Crippen MR) is 52.6 cm³/mol. The van der Waals surface area contributed by atoms with Crippen LogP contribution in [0.15, 0.2) is 0 Å². The molecule has 12 heavy (non-hydrogen) atoms. The maximum Gasteiger partial charge on any atom is 0.340 e. The zero-order chi connectivity index (χ0) is 8.86. The number of rotatable bonds is 4. The number of hydrogen-bond donors (Lipinski definition) is 2. The van der Waals surface area contributed by atoms with Gasteiger partial charge in [0.05, 0.1) is 6.61 Å². The van der Waals surface area contributed by atoms with Crippen molar-refractivity contribution in [3.63, 3.8) is 0 Å². The minimum absolute atomic E-state index is 0.594. The Labute approximate surface area is 77.4 Å². The van der Waals surface area contributed by atoms with Gasteiger partial charge in [-0.1, -0.05) is 0 Å². The van der Waals surface area contributed by atoms with Gasteiger partial charge in [-0.3, -0.25) is 4.57 Å². The number of thioether (sulfide) groups is 1. The quantitative estimate of drug-likeness (QED) is 0.536. The maximum atomic E-state index is 11.7. The molecule has 0 aromatic heterocycles. The largest absolute Gasteiger partial charge is 0.340 e. The summed E-state index contributed by atoms with van der Waals surface area (Å²) in [6.07, 6.45) is 2.96. The summed E-state index contributed by atoms with van der Waals surface area (Å²) < 4.78 is 16.8. The van der Waals surface area contributed by atoms with E-state index in [0.717, 1.165) is 25.3 Å². The summed E-state index contributed by atoms with van der Waals surface area (Å²) in [6, 6.07) is 0. The topological polar surface area (TPSA) is 50.4 Å². The van der Waals surface area contributed by atoms with E-state index in [4.69, 9.17) is 4.52 Å². The van der Waals surface area contributed by atoms with Gasteiger partial charge in [-0.25, -0.2) is 10.2 Å². The van der Waals surface area contributed by atoms with E-state index in [-0.39, 0.29) is 0 Å². The standard InChI is InChI=1S/C6H15N2O2PS/c1-12-6-4-8-11(9)7-3-2-5-10-11/h2-6H2,1H3,(H2,7,8,9). The molecule has 1 aliphatic rings. The van der Waals surface area contributed by atoms with Crippen LogP contribution in [0.2, 0.25) is 0 Å². The van der Waals surface area contributed by atoms with E-state index in [9.17, 15) is 4.57 Å². The highest BCUT2D eigenvalue weighted by molar-refractivity contribution is 7.98. The van der Waals surface area contributed by atoms with Crippen LogP contribution in [-0.2, 0) is 9.09 Å². The van der Waals surface area contributed by atoms with E-state index in [1.165, 1.54) is 0 Å². The fourth-order valence-electron chi connectivity index (χ4n) is 0.934. The molecule has 1 unspecified atom stereocenters. The molecule has 0 saturated carbocycles.